The molecule has 2 aromatic carbocycles. The fraction of sp³-hybridized carbons (Fsp3) is 0.524. The first kappa shape index (κ1) is 36.5. The third-order valence-electron chi connectivity index (χ3n) is 12.6. The van der Waals surface area contributed by atoms with E-state index >= 15 is 0 Å². The summed E-state index contributed by atoms with van der Waals surface area (Å²) < 4.78 is 55.1. The van der Waals surface area contributed by atoms with Gasteiger partial charge in [-0.1, -0.05) is 62.4 Å². The van der Waals surface area contributed by atoms with Crippen LogP contribution in [0.3, 0.4) is 0 Å². The number of imidazole rings is 2. The lowest BCUT2D eigenvalue weighted by Gasteiger charge is -2.33. The molecular weight excluding hydrogens is 696 g/mol. The summed E-state index contributed by atoms with van der Waals surface area (Å²) in [5.74, 6) is -4.25. The molecule has 2 saturated heterocycles. The minimum absolute atomic E-state index is 0.0314. The molecule has 2 N–H and O–H groups in total. The molecule has 2 amide bonds. The maximum atomic E-state index is 13.8. The van der Waals surface area contributed by atoms with E-state index in [-0.39, 0.29) is 98.9 Å². The maximum absolute atomic E-state index is 13.8. The van der Waals surface area contributed by atoms with Gasteiger partial charge in [0.15, 0.2) is 0 Å². The molecule has 4 heterocycles. The van der Waals surface area contributed by atoms with Gasteiger partial charge in [0, 0.05) is 50.6 Å². The molecule has 2 aliphatic heterocycles. The molecule has 2 saturated carbocycles. The SMILES string of the molecule is C[C@H]1CCN(C(=O)C2CCC(F)(F)CC2)C1c1ncc(-c2ccc(-c3ccc(-c4cnc([C@@H]5[C@@H](C)CCN5C(=O)C5CCC(F)(F)CC5)[nH]4)cc3)cc2)[nH]1. The summed E-state index contributed by atoms with van der Waals surface area (Å²) in [6.07, 6.45) is 5.28. The van der Waals surface area contributed by atoms with Crippen LogP contribution >= 0.6 is 0 Å². The van der Waals surface area contributed by atoms with Gasteiger partial charge in [0.25, 0.3) is 0 Å². The molecule has 286 valence electrons. The van der Waals surface area contributed by atoms with Gasteiger partial charge in [0.2, 0.25) is 23.7 Å². The van der Waals surface area contributed by atoms with Gasteiger partial charge in [-0.2, -0.15) is 0 Å². The quantitative estimate of drug-likeness (QED) is 0.184. The minimum Gasteiger partial charge on any atom is -0.340 e. The van der Waals surface area contributed by atoms with E-state index in [2.05, 4.69) is 48.1 Å². The zero-order valence-electron chi connectivity index (χ0n) is 30.8. The second-order valence-corrected chi connectivity index (χ2v) is 16.3. The highest BCUT2D eigenvalue weighted by Crippen LogP contribution is 2.43. The van der Waals surface area contributed by atoms with Gasteiger partial charge in [-0.25, -0.2) is 27.5 Å². The summed E-state index contributed by atoms with van der Waals surface area (Å²) in [6.45, 7) is 5.44. The first-order valence-corrected chi connectivity index (χ1v) is 19.5. The summed E-state index contributed by atoms with van der Waals surface area (Å²) in [4.78, 5) is 46.9. The molecule has 0 bridgehead atoms. The Balaban J connectivity index is 0.918. The van der Waals surface area contributed by atoms with Crippen molar-refractivity contribution < 1.29 is 27.2 Å². The maximum Gasteiger partial charge on any atom is 0.248 e. The summed E-state index contributed by atoms with van der Waals surface area (Å²) in [6, 6.07) is 16.0. The number of rotatable bonds is 7. The number of H-pyrrole nitrogens is 2. The summed E-state index contributed by atoms with van der Waals surface area (Å²) >= 11 is 0. The molecule has 2 aliphatic carbocycles. The summed E-state index contributed by atoms with van der Waals surface area (Å²) in [5.41, 5.74) is 5.72. The van der Waals surface area contributed by atoms with Crippen LogP contribution in [0.25, 0.3) is 33.6 Å². The van der Waals surface area contributed by atoms with E-state index in [1.165, 1.54) is 0 Å². The summed E-state index contributed by atoms with van der Waals surface area (Å²) in [7, 11) is 0. The zero-order valence-corrected chi connectivity index (χ0v) is 30.8. The normalized spacial score (nSPS) is 26.0. The van der Waals surface area contributed by atoms with Gasteiger partial charge in [-0.05, 0) is 72.6 Å². The van der Waals surface area contributed by atoms with Gasteiger partial charge >= 0.3 is 0 Å². The van der Waals surface area contributed by atoms with Crippen LogP contribution in [-0.4, -0.2) is 66.5 Å². The van der Waals surface area contributed by atoms with Crippen LogP contribution in [-0.2, 0) is 9.59 Å². The topological polar surface area (TPSA) is 98.0 Å². The van der Waals surface area contributed by atoms with E-state index < -0.39 is 11.8 Å². The second kappa shape index (κ2) is 14.3. The van der Waals surface area contributed by atoms with Gasteiger partial charge in [-0.15, -0.1) is 0 Å². The number of nitrogens with zero attached hydrogens (tertiary/aromatic N) is 4. The number of aromatic nitrogens is 4. The number of nitrogens with one attached hydrogen (secondary N) is 2. The average molecular weight is 745 g/mol. The molecule has 1 unspecified atom stereocenters. The molecule has 0 radical (unpaired) electrons. The fourth-order valence-corrected chi connectivity index (χ4v) is 9.22. The molecule has 0 spiro atoms. The lowest BCUT2D eigenvalue weighted by molar-refractivity contribution is -0.142. The Morgan fingerprint density at radius 1 is 0.574 bits per heavy atom. The first-order chi connectivity index (χ1) is 25.9. The van der Waals surface area contributed by atoms with Crippen LogP contribution in [0, 0.1) is 23.7 Å². The average Bonchev–Trinajstić information content (AvgIpc) is 3.98. The third-order valence-corrected chi connectivity index (χ3v) is 12.6. The standard InChI is InChI=1S/C42H48F4N6O2/c1-25-15-21-51(39(53)31-11-17-41(43,44)18-12-31)35(25)37-47-23-33(49-37)29-7-3-27(4-8-29)28-5-9-30(10-6-28)34-24-48-38(50-34)36-26(2)16-22-52(36)40(54)32-13-19-42(45,46)20-14-32/h3-10,23-26,31-32,35-36H,11-22H2,1-2H3,(H,47,49)(H,48,50)/t25-,26-,35-,36?/m0/s1. The smallest absolute Gasteiger partial charge is 0.248 e. The minimum atomic E-state index is -2.67. The monoisotopic (exact) mass is 744 g/mol. The van der Waals surface area contributed by atoms with Crippen molar-refractivity contribution in [2.75, 3.05) is 13.1 Å². The molecule has 54 heavy (non-hydrogen) atoms. The molecule has 4 fully saturated rings. The van der Waals surface area contributed by atoms with E-state index in [1.807, 2.05) is 34.1 Å². The van der Waals surface area contributed by atoms with Gasteiger partial charge in [0.05, 0.1) is 35.9 Å². The molecule has 8 rings (SSSR count). The van der Waals surface area contributed by atoms with Crippen LogP contribution in [0.1, 0.15) is 102 Å². The van der Waals surface area contributed by atoms with Crippen LogP contribution in [0.4, 0.5) is 17.6 Å². The highest BCUT2D eigenvalue weighted by molar-refractivity contribution is 5.80. The van der Waals surface area contributed by atoms with Gasteiger partial charge in [0.1, 0.15) is 11.6 Å². The van der Waals surface area contributed by atoms with Crippen molar-refractivity contribution in [2.24, 2.45) is 23.7 Å². The number of likely N-dealkylation sites (tertiary alicyclic amines) is 2. The predicted octanol–water partition coefficient (Wildman–Crippen LogP) is 9.60. The number of halogens is 4. The molecule has 8 nitrogen and oxygen atoms in total. The van der Waals surface area contributed by atoms with Crippen molar-refractivity contribution in [1.29, 1.82) is 0 Å². The van der Waals surface area contributed by atoms with E-state index in [0.29, 0.717) is 13.1 Å². The Kier molecular flexibility index (Phi) is 9.67. The van der Waals surface area contributed by atoms with Gasteiger partial charge in [-0.3, -0.25) is 9.59 Å². The zero-order chi connectivity index (χ0) is 37.8. The molecule has 2 aromatic heterocycles. The van der Waals surface area contributed by atoms with Crippen LogP contribution in [0.2, 0.25) is 0 Å². The van der Waals surface area contributed by atoms with Crippen molar-refractivity contribution in [3.8, 4) is 33.6 Å². The van der Waals surface area contributed by atoms with E-state index in [1.54, 1.807) is 12.4 Å². The van der Waals surface area contributed by atoms with Crippen LogP contribution < -0.4 is 0 Å². The Hall–Kier alpha value is -4.48. The molecule has 4 aromatic rings. The highest BCUT2D eigenvalue weighted by Gasteiger charge is 2.45. The first-order valence-electron chi connectivity index (χ1n) is 19.5. The van der Waals surface area contributed by atoms with Crippen LogP contribution in [0.15, 0.2) is 60.9 Å². The van der Waals surface area contributed by atoms with E-state index in [0.717, 1.165) is 58.1 Å². The number of amides is 2. The molecular formula is C42H48F4N6O2. The van der Waals surface area contributed by atoms with Crippen molar-refractivity contribution in [3.05, 3.63) is 72.6 Å². The largest absolute Gasteiger partial charge is 0.340 e. The van der Waals surface area contributed by atoms with Crippen molar-refractivity contribution in [2.45, 2.75) is 102 Å². The van der Waals surface area contributed by atoms with E-state index in [4.69, 9.17) is 9.97 Å². The number of benzene rings is 2. The lowest BCUT2D eigenvalue weighted by Crippen LogP contribution is -2.39. The number of alkyl halides is 4. The Morgan fingerprint density at radius 2 is 0.907 bits per heavy atom. The Labute approximate surface area is 313 Å². The predicted molar refractivity (Wildman–Crippen MR) is 197 cm³/mol. The van der Waals surface area contributed by atoms with Crippen molar-refractivity contribution >= 4 is 11.8 Å². The molecule has 4 aliphatic rings. The Bertz CT molecular complexity index is 1810. The fourth-order valence-electron chi connectivity index (χ4n) is 9.22. The van der Waals surface area contributed by atoms with Crippen molar-refractivity contribution in [1.82, 2.24) is 29.7 Å². The van der Waals surface area contributed by atoms with E-state index in [9.17, 15) is 27.2 Å². The number of aromatic amines is 2. The number of carbonyl (C=O) groups is 2. The van der Waals surface area contributed by atoms with Crippen molar-refractivity contribution in [3.63, 3.8) is 0 Å². The third kappa shape index (κ3) is 7.20. The van der Waals surface area contributed by atoms with Crippen LogP contribution in [0.5, 0.6) is 0 Å². The number of hydrogen-bond acceptors (Lipinski definition) is 4. The van der Waals surface area contributed by atoms with Gasteiger partial charge < -0.3 is 19.8 Å². The lowest BCUT2D eigenvalue weighted by atomic mass is 9.85. The molecule has 12 heteroatoms. The number of hydrogen-bond donors (Lipinski definition) is 2. The highest BCUT2D eigenvalue weighted by atomic mass is 19.3. The molecule has 4 atom stereocenters. The summed E-state index contributed by atoms with van der Waals surface area (Å²) in [5, 5.41) is 0. The number of carbonyl (C=O) groups excluding carboxylic acids is 2. The second-order valence-electron chi connectivity index (χ2n) is 16.3. The Morgan fingerprint density at radius 3 is 1.26 bits per heavy atom.